The van der Waals surface area contributed by atoms with E-state index in [2.05, 4.69) is 103 Å². The molecule has 0 bridgehead atoms. The van der Waals surface area contributed by atoms with Crippen molar-refractivity contribution in [2.45, 2.75) is 13.8 Å². The molecule has 34 heavy (non-hydrogen) atoms. The number of rotatable bonds is 5. The van der Waals surface area contributed by atoms with Gasteiger partial charge >= 0.3 is 0 Å². The first-order valence-electron chi connectivity index (χ1n) is 11.3. The molecule has 0 unspecified atom stereocenters. The van der Waals surface area contributed by atoms with Gasteiger partial charge in [0.1, 0.15) is 0 Å². The minimum atomic E-state index is 0.718. The zero-order valence-corrected chi connectivity index (χ0v) is 20.0. The van der Waals surface area contributed by atoms with E-state index in [1.165, 1.54) is 11.1 Å². The maximum Gasteiger partial charge on any atom is 0.0632 e. The summed E-state index contributed by atoms with van der Waals surface area (Å²) in [7, 11) is 0. The topological polar surface area (TPSA) is 17.3 Å². The van der Waals surface area contributed by atoms with Crippen LogP contribution in [0.5, 0.6) is 0 Å². The van der Waals surface area contributed by atoms with Gasteiger partial charge in [-0.3, -0.25) is 4.99 Å². The Balaban J connectivity index is 1.76. The van der Waals surface area contributed by atoms with Gasteiger partial charge in [-0.25, -0.2) is 0 Å². The normalized spacial score (nSPS) is 11.3. The van der Waals surface area contributed by atoms with Crippen LogP contribution in [0.25, 0.3) is 28.2 Å². The lowest BCUT2D eigenvalue weighted by molar-refractivity contribution is 1.09. The molecule has 3 heteroatoms. The van der Waals surface area contributed by atoms with Crippen LogP contribution in [-0.2, 0) is 0 Å². The van der Waals surface area contributed by atoms with E-state index in [-0.39, 0.29) is 0 Å². The molecular weight excluding hydrogens is 436 g/mol. The largest absolute Gasteiger partial charge is 0.309 e. The van der Waals surface area contributed by atoms with Crippen molar-refractivity contribution in [3.63, 3.8) is 0 Å². The summed E-state index contributed by atoms with van der Waals surface area (Å²) in [5, 5.41) is 0.718. The van der Waals surface area contributed by atoms with Gasteiger partial charge in [0.15, 0.2) is 0 Å². The minimum absolute atomic E-state index is 0.718. The van der Waals surface area contributed by atoms with Crippen LogP contribution in [0, 0.1) is 13.8 Å². The molecule has 0 aliphatic carbocycles. The average Bonchev–Trinajstić information content (AvgIpc) is 3.26. The Morgan fingerprint density at radius 3 is 1.97 bits per heavy atom. The summed E-state index contributed by atoms with van der Waals surface area (Å²) in [6, 6.07) is 37.4. The second kappa shape index (κ2) is 9.54. The lowest BCUT2D eigenvalue weighted by Crippen LogP contribution is -2.00. The molecular formula is C31H25ClN2. The Hall–Kier alpha value is -3.88. The molecule has 2 nitrogen and oxygen atoms in total. The van der Waals surface area contributed by atoms with Gasteiger partial charge in [-0.2, -0.15) is 0 Å². The predicted octanol–water partition coefficient (Wildman–Crippen LogP) is 8.83. The number of aliphatic imine (C=N–C) groups is 1. The summed E-state index contributed by atoms with van der Waals surface area (Å²) in [4.78, 5) is 4.86. The van der Waals surface area contributed by atoms with Crippen molar-refractivity contribution >= 4 is 23.5 Å². The van der Waals surface area contributed by atoms with Crippen LogP contribution in [0.4, 0.5) is 5.69 Å². The van der Waals surface area contributed by atoms with Crippen LogP contribution in [0.15, 0.2) is 114 Å². The highest BCUT2D eigenvalue weighted by Crippen LogP contribution is 2.36. The van der Waals surface area contributed by atoms with Gasteiger partial charge in [-0.1, -0.05) is 78.3 Å². The van der Waals surface area contributed by atoms with Gasteiger partial charge in [0, 0.05) is 22.5 Å². The highest BCUT2D eigenvalue weighted by molar-refractivity contribution is 6.30. The summed E-state index contributed by atoms with van der Waals surface area (Å²) in [5.41, 5.74) is 10.0. The first-order chi connectivity index (χ1) is 16.6. The zero-order chi connectivity index (χ0) is 23.5. The Bertz CT molecular complexity index is 1450. The maximum atomic E-state index is 6.23. The highest BCUT2D eigenvalue weighted by atomic mass is 35.5. The number of hydrogen-bond donors (Lipinski definition) is 0. The van der Waals surface area contributed by atoms with Crippen molar-refractivity contribution in [3.05, 3.63) is 131 Å². The van der Waals surface area contributed by atoms with E-state index >= 15 is 0 Å². The molecule has 1 aromatic heterocycles. The minimum Gasteiger partial charge on any atom is -0.309 e. The molecule has 166 valence electrons. The smallest absolute Gasteiger partial charge is 0.0632 e. The summed E-state index contributed by atoms with van der Waals surface area (Å²) in [6.07, 6.45) is 1.98. The molecule has 0 saturated heterocycles. The first-order valence-corrected chi connectivity index (χ1v) is 11.7. The third-order valence-electron chi connectivity index (χ3n) is 6.07. The second-order valence-electron chi connectivity index (χ2n) is 8.40. The SMILES string of the molecule is Cc1ccc(N=Cc2cc(-c3ccccc3)n(-c3ccc(Cl)cc3)c2-c2ccccc2)cc1C. The Morgan fingerprint density at radius 2 is 1.32 bits per heavy atom. The molecule has 0 aliphatic heterocycles. The van der Waals surface area contributed by atoms with E-state index < -0.39 is 0 Å². The van der Waals surface area contributed by atoms with Crippen LogP contribution in [0.3, 0.4) is 0 Å². The molecule has 5 aromatic rings. The number of nitrogens with zero attached hydrogens (tertiary/aromatic N) is 2. The number of hydrogen-bond acceptors (Lipinski definition) is 1. The second-order valence-corrected chi connectivity index (χ2v) is 8.84. The summed E-state index contributed by atoms with van der Waals surface area (Å²) < 4.78 is 2.29. The van der Waals surface area contributed by atoms with Crippen molar-refractivity contribution in [2.75, 3.05) is 0 Å². The molecule has 0 saturated carbocycles. The first kappa shape index (κ1) is 21.9. The molecule has 0 radical (unpaired) electrons. The van der Waals surface area contributed by atoms with Gasteiger partial charge < -0.3 is 4.57 Å². The molecule has 0 N–H and O–H groups in total. The molecule has 1 heterocycles. The summed E-state index contributed by atoms with van der Waals surface area (Å²) in [6.45, 7) is 4.24. The summed E-state index contributed by atoms with van der Waals surface area (Å²) >= 11 is 6.23. The number of aryl methyl sites for hydroxylation is 2. The fraction of sp³-hybridized carbons (Fsp3) is 0.0645. The van der Waals surface area contributed by atoms with Gasteiger partial charge in [0.25, 0.3) is 0 Å². The van der Waals surface area contributed by atoms with E-state index in [9.17, 15) is 0 Å². The molecule has 0 amide bonds. The van der Waals surface area contributed by atoms with Crippen molar-refractivity contribution in [2.24, 2.45) is 4.99 Å². The van der Waals surface area contributed by atoms with E-state index in [0.29, 0.717) is 0 Å². The Kier molecular flexibility index (Phi) is 6.16. The van der Waals surface area contributed by atoms with Crippen LogP contribution < -0.4 is 0 Å². The van der Waals surface area contributed by atoms with Gasteiger partial charge in [-0.15, -0.1) is 0 Å². The van der Waals surface area contributed by atoms with Crippen molar-refractivity contribution in [1.29, 1.82) is 0 Å². The molecule has 0 spiro atoms. The zero-order valence-electron chi connectivity index (χ0n) is 19.2. The van der Waals surface area contributed by atoms with E-state index in [1.807, 2.05) is 30.5 Å². The Morgan fingerprint density at radius 1 is 0.676 bits per heavy atom. The Labute approximate surface area is 205 Å². The number of aromatic nitrogens is 1. The quantitative estimate of drug-likeness (QED) is 0.233. The van der Waals surface area contributed by atoms with Crippen LogP contribution in [-0.4, -0.2) is 10.8 Å². The molecule has 4 aromatic carbocycles. The van der Waals surface area contributed by atoms with Crippen LogP contribution in [0.1, 0.15) is 16.7 Å². The molecule has 0 fully saturated rings. The number of benzene rings is 4. The average molecular weight is 461 g/mol. The van der Waals surface area contributed by atoms with Gasteiger partial charge in [-0.05, 0) is 78.6 Å². The predicted molar refractivity (Wildman–Crippen MR) is 145 cm³/mol. The summed E-state index contributed by atoms with van der Waals surface area (Å²) in [5.74, 6) is 0. The monoisotopic (exact) mass is 460 g/mol. The third-order valence-corrected chi connectivity index (χ3v) is 6.33. The fourth-order valence-electron chi connectivity index (χ4n) is 4.15. The van der Waals surface area contributed by atoms with E-state index in [4.69, 9.17) is 16.6 Å². The number of halogens is 1. The highest BCUT2D eigenvalue weighted by Gasteiger charge is 2.18. The fourth-order valence-corrected chi connectivity index (χ4v) is 4.28. The van der Waals surface area contributed by atoms with Crippen LogP contribution >= 0.6 is 11.6 Å². The van der Waals surface area contributed by atoms with E-state index in [0.717, 1.165) is 44.5 Å². The van der Waals surface area contributed by atoms with E-state index in [1.54, 1.807) is 0 Å². The lowest BCUT2D eigenvalue weighted by atomic mass is 10.1. The van der Waals surface area contributed by atoms with Crippen molar-refractivity contribution < 1.29 is 0 Å². The standard InChI is InChI=1S/C31H25ClN2/c1-22-13-16-28(19-23(22)2)33-21-26-20-30(24-9-5-3-6-10-24)34(29-17-14-27(32)15-18-29)31(26)25-11-7-4-8-12-25/h3-21H,1-2H3. The molecule has 5 rings (SSSR count). The maximum absolute atomic E-state index is 6.23. The van der Waals surface area contributed by atoms with Crippen molar-refractivity contribution in [1.82, 2.24) is 4.57 Å². The van der Waals surface area contributed by atoms with Crippen molar-refractivity contribution in [3.8, 4) is 28.2 Å². The van der Waals surface area contributed by atoms with Gasteiger partial charge in [0.05, 0.1) is 17.1 Å². The lowest BCUT2D eigenvalue weighted by Gasteiger charge is -2.15. The van der Waals surface area contributed by atoms with Crippen LogP contribution in [0.2, 0.25) is 5.02 Å². The third kappa shape index (κ3) is 4.46. The molecule has 0 atom stereocenters. The molecule has 0 aliphatic rings. The van der Waals surface area contributed by atoms with Gasteiger partial charge in [0.2, 0.25) is 0 Å².